The number of ether oxygens (including phenoxy) is 2. The average Bonchev–Trinajstić information content (AvgIpc) is 2.43. The lowest BCUT2D eigenvalue weighted by molar-refractivity contribution is -0.149. The van der Waals surface area contributed by atoms with Gasteiger partial charge in [-0.05, 0) is 32.6 Å². The summed E-state index contributed by atoms with van der Waals surface area (Å²) in [5.41, 5.74) is 1.20. The number of nitrogens with one attached hydrogen (secondary N) is 1. The zero-order chi connectivity index (χ0) is 16.5. The van der Waals surface area contributed by atoms with E-state index >= 15 is 0 Å². The van der Waals surface area contributed by atoms with E-state index in [1.165, 1.54) is 5.57 Å². The van der Waals surface area contributed by atoms with Crippen molar-refractivity contribution in [3.63, 3.8) is 0 Å². The molecule has 1 saturated heterocycles. The maximum Gasteiger partial charge on any atom is 0.407 e. The number of fused-ring (bicyclic) bond motifs is 2. The fourth-order valence-electron chi connectivity index (χ4n) is 4.00. The molecule has 0 aromatic rings. The molecule has 0 aromatic carbocycles. The summed E-state index contributed by atoms with van der Waals surface area (Å²) in [6, 6.07) is 0.0776. The molecule has 1 aliphatic heterocycles. The van der Waals surface area contributed by atoms with Crippen LogP contribution in [-0.4, -0.2) is 31.5 Å². The minimum Gasteiger partial charge on any atom is -0.449 e. The molecule has 0 unspecified atom stereocenters. The minimum atomic E-state index is -0.350. The molecular weight excluding hydrogens is 278 g/mol. The van der Waals surface area contributed by atoms with Crippen LogP contribution in [0.15, 0.2) is 24.3 Å². The van der Waals surface area contributed by atoms with Crippen molar-refractivity contribution < 1.29 is 14.3 Å². The van der Waals surface area contributed by atoms with Crippen LogP contribution in [-0.2, 0) is 9.47 Å². The molecule has 2 aliphatic rings. The summed E-state index contributed by atoms with van der Waals surface area (Å²) >= 11 is 0. The highest BCUT2D eigenvalue weighted by Crippen LogP contribution is 2.52. The normalized spacial score (nSPS) is 37.5. The predicted octanol–water partition coefficient (Wildman–Crippen LogP) is 3.54. The molecular formula is C18H29NO3. The molecule has 1 fully saturated rings. The zero-order valence-corrected chi connectivity index (χ0v) is 14.4. The van der Waals surface area contributed by atoms with E-state index in [2.05, 4.69) is 38.7 Å². The number of hydrogen-bond acceptors (Lipinski definition) is 3. The largest absolute Gasteiger partial charge is 0.449 e. The lowest BCUT2D eigenvalue weighted by Gasteiger charge is -2.54. The van der Waals surface area contributed by atoms with Crippen LogP contribution in [0, 0.1) is 23.2 Å². The number of carbonyl (C=O) groups excluding carboxylic acids is 1. The van der Waals surface area contributed by atoms with Gasteiger partial charge in [0.2, 0.25) is 0 Å². The number of rotatable bonds is 4. The maximum atomic E-state index is 11.8. The summed E-state index contributed by atoms with van der Waals surface area (Å²) in [7, 11) is 0. The lowest BCUT2D eigenvalue weighted by atomic mass is 9.56. The Kier molecular flexibility index (Phi) is 5.00. The summed E-state index contributed by atoms with van der Waals surface area (Å²) in [5, 5.41) is 2.78. The maximum absolute atomic E-state index is 11.8. The van der Waals surface area contributed by atoms with Gasteiger partial charge in [0, 0.05) is 17.4 Å². The lowest BCUT2D eigenvalue weighted by Crippen LogP contribution is -2.56. The Balaban J connectivity index is 2.18. The molecule has 5 atom stereocenters. The van der Waals surface area contributed by atoms with Crippen LogP contribution < -0.4 is 5.32 Å². The molecule has 4 nitrogen and oxygen atoms in total. The Bertz CT molecular complexity index is 471. The molecule has 1 aliphatic carbocycles. The van der Waals surface area contributed by atoms with E-state index in [4.69, 9.17) is 9.47 Å². The molecule has 0 saturated carbocycles. The van der Waals surface area contributed by atoms with Crippen molar-refractivity contribution in [3.8, 4) is 0 Å². The van der Waals surface area contributed by atoms with E-state index in [9.17, 15) is 4.79 Å². The first kappa shape index (κ1) is 17.1. The molecule has 0 spiro atoms. The van der Waals surface area contributed by atoms with Gasteiger partial charge in [0.15, 0.2) is 0 Å². The van der Waals surface area contributed by atoms with Crippen LogP contribution in [0.4, 0.5) is 4.79 Å². The van der Waals surface area contributed by atoms with Gasteiger partial charge in [-0.25, -0.2) is 4.79 Å². The van der Waals surface area contributed by atoms with E-state index in [1.54, 1.807) is 0 Å². The third-order valence-corrected chi connectivity index (χ3v) is 5.40. The molecule has 0 aromatic heterocycles. The third kappa shape index (κ3) is 2.94. The van der Waals surface area contributed by atoms with Gasteiger partial charge >= 0.3 is 6.09 Å². The molecule has 2 bridgehead atoms. The van der Waals surface area contributed by atoms with Gasteiger partial charge in [0.1, 0.15) is 6.61 Å². The molecule has 124 valence electrons. The Morgan fingerprint density at radius 2 is 2.27 bits per heavy atom. The first-order chi connectivity index (χ1) is 10.3. The van der Waals surface area contributed by atoms with Crippen molar-refractivity contribution in [1.29, 1.82) is 0 Å². The minimum absolute atomic E-state index is 0.0522. The third-order valence-electron chi connectivity index (χ3n) is 5.40. The van der Waals surface area contributed by atoms with Gasteiger partial charge in [-0.3, -0.25) is 0 Å². The zero-order valence-electron chi connectivity index (χ0n) is 14.4. The van der Waals surface area contributed by atoms with E-state index in [0.717, 1.165) is 0 Å². The molecule has 0 radical (unpaired) electrons. The van der Waals surface area contributed by atoms with Crippen molar-refractivity contribution in [3.05, 3.63) is 24.3 Å². The second-order valence-corrected chi connectivity index (χ2v) is 7.13. The average molecular weight is 307 g/mol. The summed E-state index contributed by atoms with van der Waals surface area (Å²) < 4.78 is 11.6. The van der Waals surface area contributed by atoms with Crippen molar-refractivity contribution in [2.24, 2.45) is 23.2 Å². The van der Waals surface area contributed by atoms with E-state index < -0.39 is 0 Å². The highest BCUT2D eigenvalue weighted by molar-refractivity contribution is 5.67. The number of amides is 1. The van der Waals surface area contributed by atoms with Crippen molar-refractivity contribution in [2.45, 2.75) is 46.8 Å². The Morgan fingerprint density at radius 1 is 1.59 bits per heavy atom. The van der Waals surface area contributed by atoms with Gasteiger partial charge in [-0.15, -0.1) is 6.58 Å². The molecule has 4 heteroatoms. The highest BCUT2D eigenvalue weighted by atomic mass is 16.6. The summed E-state index contributed by atoms with van der Waals surface area (Å²) in [6.45, 7) is 15.3. The van der Waals surface area contributed by atoms with Crippen LogP contribution >= 0.6 is 0 Å². The second-order valence-electron chi connectivity index (χ2n) is 7.13. The van der Waals surface area contributed by atoms with E-state index in [-0.39, 0.29) is 23.7 Å². The van der Waals surface area contributed by atoms with E-state index in [0.29, 0.717) is 31.0 Å². The topological polar surface area (TPSA) is 47.6 Å². The van der Waals surface area contributed by atoms with Gasteiger partial charge in [-0.1, -0.05) is 31.6 Å². The van der Waals surface area contributed by atoms with Crippen molar-refractivity contribution in [1.82, 2.24) is 5.32 Å². The van der Waals surface area contributed by atoms with Crippen molar-refractivity contribution in [2.75, 3.05) is 13.2 Å². The molecule has 1 N–H and O–H groups in total. The Labute approximate surface area is 133 Å². The number of allylic oxidation sites excluding steroid dienone is 1. The number of hydrogen-bond donors (Lipinski definition) is 1. The van der Waals surface area contributed by atoms with Crippen LogP contribution in [0.2, 0.25) is 0 Å². The smallest absolute Gasteiger partial charge is 0.407 e. The molecule has 2 rings (SSSR count). The molecule has 1 heterocycles. The van der Waals surface area contributed by atoms with E-state index in [1.807, 2.05) is 19.9 Å². The van der Waals surface area contributed by atoms with Gasteiger partial charge < -0.3 is 14.8 Å². The van der Waals surface area contributed by atoms with Crippen LogP contribution in [0.3, 0.4) is 0 Å². The quantitative estimate of drug-likeness (QED) is 0.808. The number of alkyl carbamates (subject to hydrolysis) is 1. The standard InChI is InChI=1S/C18H29NO3/c1-7-15-16-12(4)8-13(5)18(9-21-15,14(16)6)10-22-17(20)19-11(2)3/h7-8,11,13-16H,1,9-10H2,2-6H3,(H,19,20)/t13-,14-,15-,16+,18+/m0/s1. The first-order valence-corrected chi connectivity index (χ1v) is 8.17. The predicted molar refractivity (Wildman–Crippen MR) is 87.6 cm³/mol. The summed E-state index contributed by atoms with van der Waals surface area (Å²) in [5.74, 6) is 1.02. The van der Waals surface area contributed by atoms with Crippen molar-refractivity contribution >= 4 is 6.09 Å². The Hall–Kier alpha value is -1.29. The fourth-order valence-corrected chi connectivity index (χ4v) is 4.00. The molecule has 22 heavy (non-hydrogen) atoms. The van der Waals surface area contributed by atoms with Gasteiger partial charge in [0.05, 0.1) is 12.7 Å². The van der Waals surface area contributed by atoms with Gasteiger partial charge in [0.25, 0.3) is 0 Å². The monoisotopic (exact) mass is 307 g/mol. The molecule has 1 amide bonds. The SMILES string of the molecule is C=C[C@@H]1OC[C@@]2(COC(=O)NC(C)C)[C@@H](C)C=C(C)[C@@H]1[C@@H]2C. The van der Waals surface area contributed by atoms with Crippen LogP contribution in [0.1, 0.15) is 34.6 Å². The Morgan fingerprint density at radius 3 is 2.86 bits per heavy atom. The van der Waals surface area contributed by atoms with Crippen LogP contribution in [0.5, 0.6) is 0 Å². The summed E-state index contributed by atoms with van der Waals surface area (Å²) in [4.78, 5) is 11.8. The summed E-state index contributed by atoms with van der Waals surface area (Å²) in [6.07, 6.45) is 3.91. The fraction of sp³-hybridized carbons (Fsp3) is 0.722. The number of carbonyl (C=O) groups is 1. The highest BCUT2D eigenvalue weighted by Gasteiger charge is 2.53. The van der Waals surface area contributed by atoms with Crippen LogP contribution in [0.25, 0.3) is 0 Å². The first-order valence-electron chi connectivity index (χ1n) is 8.17. The van der Waals surface area contributed by atoms with Gasteiger partial charge in [-0.2, -0.15) is 0 Å². The second kappa shape index (κ2) is 6.45.